The highest BCUT2D eigenvalue weighted by Crippen LogP contribution is 2.35. The Bertz CT molecular complexity index is 849. The second kappa shape index (κ2) is 7.01. The zero-order valence-corrected chi connectivity index (χ0v) is 15.0. The van der Waals surface area contributed by atoms with E-state index in [0.717, 1.165) is 16.7 Å². The number of carbonyl (C=O) groups excluding carboxylic acids is 1. The van der Waals surface area contributed by atoms with Gasteiger partial charge in [-0.05, 0) is 74.7 Å². The molecule has 1 aliphatic heterocycles. The summed E-state index contributed by atoms with van der Waals surface area (Å²) in [6.07, 6.45) is 1.74. The Balaban J connectivity index is 1.93. The maximum Gasteiger partial charge on any atom is 0.231 e. The number of ether oxygens (including phenoxy) is 3. The second-order valence-corrected chi connectivity index (χ2v) is 5.94. The molecule has 2 aromatic rings. The molecule has 0 saturated heterocycles. The number of fused-ring (bicyclic) bond motifs is 1. The lowest BCUT2D eigenvalue weighted by atomic mass is 10.0. The summed E-state index contributed by atoms with van der Waals surface area (Å²) in [6.45, 7) is 8.96. The van der Waals surface area contributed by atoms with E-state index < -0.39 is 0 Å². The van der Waals surface area contributed by atoms with Gasteiger partial charge < -0.3 is 14.2 Å². The molecule has 0 aliphatic carbocycles. The molecule has 0 atom stereocenters. The molecule has 2 aromatic carbocycles. The van der Waals surface area contributed by atoms with Crippen LogP contribution in [0.3, 0.4) is 0 Å². The van der Waals surface area contributed by atoms with Gasteiger partial charge >= 0.3 is 0 Å². The average Bonchev–Trinajstić information content (AvgIpc) is 2.87. The Morgan fingerprint density at radius 1 is 0.960 bits per heavy atom. The summed E-state index contributed by atoms with van der Waals surface area (Å²) in [5, 5.41) is 0. The fraction of sp³-hybridized carbons (Fsp3) is 0.286. The van der Waals surface area contributed by atoms with Crippen LogP contribution in [0.4, 0.5) is 0 Å². The third-order valence-corrected chi connectivity index (χ3v) is 4.15. The van der Waals surface area contributed by atoms with Gasteiger partial charge in [-0.3, -0.25) is 4.79 Å². The first-order valence-corrected chi connectivity index (χ1v) is 8.48. The molecule has 0 saturated carbocycles. The van der Waals surface area contributed by atoms with Gasteiger partial charge in [-0.25, -0.2) is 0 Å². The van der Waals surface area contributed by atoms with Crippen molar-refractivity contribution in [3.63, 3.8) is 0 Å². The number of hydrogen-bond donors (Lipinski definition) is 0. The number of hydrogen-bond acceptors (Lipinski definition) is 4. The third-order valence-electron chi connectivity index (χ3n) is 4.15. The molecular formula is C21H22O4. The van der Waals surface area contributed by atoms with E-state index in [1.54, 1.807) is 6.08 Å². The first kappa shape index (κ1) is 17.1. The van der Waals surface area contributed by atoms with Crippen molar-refractivity contribution in [2.24, 2.45) is 0 Å². The minimum atomic E-state index is -0.0926. The van der Waals surface area contributed by atoms with Crippen molar-refractivity contribution >= 4 is 11.9 Å². The minimum absolute atomic E-state index is 0.0926. The van der Waals surface area contributed by atoms with E-state index in [1.807, 2.05) is 58.0 Å². The number of Topliss-reactive ketones (excluding diaryl/α,β-unsaturated/α-hetero) is 1. The van der Waals surface area contributed by atoms with Crippen LogP contribution in [-0.2, 0) is 0 Å². The smallest absolute Gasteiger partial charge is 0.231 e. The Labute approximate surface area is 148 Å². The number of aryl methyl sites for hydroxylation is 2. The second-order valence-electron chi connectivity index (χ2n) is 5.94. The van der Waals surface area contributed by atoms with Gasteiger partial charge in [0.2, 0.25) is 5.78 Å². The SMILES string of the molecule is CCOc1ccc(/C=C2\Oc3cc(C)c(C)cc3C2=O)cc1OCC. The number of ketones is 1. The van der Waals surface area contributed by atoms with Crippen molar-refractivity contribution in [2.75, 3.05) is 13.2 Å². The summed E-state index contributed by atoms with van der Waals surface area (Å²) in [5.74, 6) is 2.21. The Morgan fingerprint density at radius 2 is 1.64 bits per heavy atom. The molecule has 1 heterocycles. The predicted molar refractivity (Wildman–Crippen MR) is 97.6 cm³/mol. The molecule has 0 unspecified atom stereocenters. The van der Waals surface area contributed by atoms with Crippen molar-refractivity contribution < 1.29 is 19.0 Å². The molecule has 0 amide bonds. The van der Waals surface area contributed by atoms with Crippen LogP contribution in [0, 0.1) is 13.8 Å². The standard InChI is InChI=1S/C21H22O4/c1-5-23-17-8-7-15(11-19(17)24-6-2)12-20-21(22)16-9-13(3)14(4)10-18(16)25-20/h7-12H,5-6H2,1-4H3/b20-12-. The van der Waals surface area contributed by atoms with E-state index in [9.17, 15) is 4.79 Å². The number of rotatable bonds is 5. The summed E-state index contributed by atoms with van der Waals surface area (Å²) >= 11 is 0. The molecule has 4 heteroatoms. The van der Waals surface area contributed by atoms with Gasteiger partial charge in [0.15, 0.2) is 17.3 Å². The lowest BCUT2D eigenvalue weighted by Crippen LogP contribution is -2.00. The van der Waals surface area contributed by atoms with E-state index >= 15 is 0 Å². The molecule has 3 rings (SSSR count). The molecule has 1 aliphatic rings. The molecule has 0 aromatic heterocycles. The van der Waals surface area contributed by atoms with E-state index in [0.29, 0.717) is 41.8 Å². The fourth-order valence-electron chi connectivity index (χ4n) is 2.75. The van der Waals surface area contributed by atoms with E-state index in [4.69, 9.17) is 14.2 Å². The number of carbonyl (C=O) groups is 1. The Kier molecular flexibility index (Phi) is 4.79. The first-order valence-electron chi connectivity index (χ1n) is 8.48. The molecular weight excluding hydrogens is 316 g/mol. The summed E-state index contributed by atoms with van der Waals surface area (Å²) in [5.41, 5.74) is 3.63. The van der Waals surface area contributed by atoms with Crippen molar-refractivity contribution in [2.45, 2.75) is 27.7 Å². The zero-order chi connectivity index (χ0) is 18.0. The Hall–Kier alpha value is -2.75. The van der Waals surface area contributed by atoms with Crippen LogP contribution in [0.25, 0.3) is 6.08 Å². The highest BCUT2D eigenvalue weighted by Gasteiger charge is 2.28. The van der Waals surface area contributed by atoms with Gasteiger partial charge in [0.05, 0.1) is 18.8 Å². The van der Waals surface area contributed by atoms with Crippen LogP contribution in [0.2, 0.25) is 0 Å². The summed E-state index contributed by atoms with van der Waals surface area (Å²) < 4.78 is 17.0. The normalized spacial score (nSPS) is 14.4. The zero-order valence-electron chi connectivity index (χ0n) is 15.0. The van der Waals surface area contributed by atoms with Gasteiger partial charge in [0.25, 0.3) is 0 Å². The Morgan fingerprint density at radius 3 is 2.36 bits per heavy atom. The lowest BCUT2D eigenvalue weighted by molar-refractivity contribution is 0.101. The van der Waals surface area contributed by atoms with Crippen LogP contribution in [0.15, 0.2) is 36.1 Å². The first-order chi connectivity index (χ1) is 12.0. The number of benzene rings is 2. The topological polar surface area (TPSA) is 44.8 Å². The van der Waals surface area contributed by atoms with E-state index in [1.165, 1.54) is 0 Å². The van der Waals surface area contributed by atoms with Crippen LogP contribution < -0.4 is 14.2 Å². The molecule has 25 heavy (non-hydrogen) atoms. The summed E-state index contributed by atoms with van der Waals surface area (Å²) in [7, 11) is 0. The predicted octanol–water partition coefficient (Wildman–Crippen LogP) is 4.72. The summed E-state index contributed by atoms with van der Waals surface area (Å²) in [4.78, 5) is 12.6. The monoisotopic (exact) mass is 338 g/mol. The molecule has 0 radical (unpaired) electrons. The van der Waals surface area contributed by atoms with Crippen LogP contribution in [0.5, 0.6) is 17.2 Å². The minimum Gasteiger partial charge on any atom is -0.490 e. The molecule has 0 spiro atoms. The van der Waals surface area contributed by atoms with Gasteiger partial charge in [0, 0.05) is 0 Å². The molecule has 0 bridgehead atoms. The molecule has 0 N–H and O–H groups in total. The van der Waals surface area contributed by atoms with Gasteiger partial charge in [-0.1, -0.05) is 6.07 Å². The highest BCUT2D eigenvalue weighted by molar-refractivity contribution is 6.14. The average molecular weight is 338 g/mol. The van der Waals surface area contributed by atoms with Crippen LogP contribution in [0.1, 0.15) is 40.9 Å². The summed E-state index contributed by atoms with van der Waals surface area (Å²) in [6, 6.07) is 9.39. The van der Waals surface area contributed by atoms with Crippen LogP contribution in [-0.4, -0.2) is 19.0 Å². The van der Waals surface area contributed by atoms with Crippen LogP contribution >= 0.6 is 0 Å². The maximum absolute atomic E-state index is 12.6. The van der Waals surface area contributed by atoms with Gasteiger partial charge in [0.1, 0.15) is 5.75 Å². The maximum atomic E-state index is 12.6. The third kappa shape index (κ3) is 3.38. The quantitative estimate of drug-likeness (QED) is 0.740. The van der Waals surface area contributed by atoms with E-state index in [-0.39, 0.29) is 5.78 Å². The van der Waals surface area contributed by atoms with Crippen molar-refractivity contribution in [3.05, 3.63) is 58.3 Å². The highest BCUT2D eigenvalue weighted by atomic mass is 16.5. The molecule has 0 fully saturated rings. The van der Waals surface area contributed by atoms with Gasteiger partial charge in [-0.2, -0.15) is 0 Å². The molecule has 130 valence electrons. The van der Waals surface area contributed by atoms with Crippen molar-refractivity contribution in [1.82, 2.24) is 0 Å². The molecule has 4 nitrogen and oxygen atoms in total. The van der Waals surface area contributed by atoms with Gasteiger partial charge in [-0.15, -0.1) is 0 Å². The lowest BCUT2D eigenvalue weighted by Gasteiger charge is -2.11. The fourth-order valence-corrected chi connectivity index (χ4v) is 2.75. The van der Waals surface area contributed by atoms with Crippen molar-refractivity contribution in [1.29, 1.82) is 0 Å². The number of allylic oxidation sites excluding steroid dienone is 1. The van der Waals surface area contributed by atoms with E-state index in [2.05, 4.69) is 0 Å². The largest absolute Gasteiger partial charge is 0.490 e. The van der Waals surface area contributed by atoms with Crippen molar-refractivity contribution in [3.8, 4) is 17.2 Å².